The van der Waals surface area contributed by atoms with Crippen molar-refractivity contribution < 1.29 is 14.3 Å². The highest BCUT2D eigenvalue weighted by atomic mass is 16.6. The molecule has 2 fully saturated rings. The molecule has 1 aliphatic carbocycles. The van der Waals surface area contributed by atoms with Crippen LogP contribution in [0.3, 0.4) is 0 Å². The maximum Gasteiger partial charge on any atom is 0.411 e. The second-order valence-corrected chi connectivity index (χ2v) is 7.07. The van der Waals surface area contributed by atoms with Crippen LogP contribution >= 0.6 is 0 Å². The predicted octanol–water partition coefficient (Wildman–Crippen LogP) is 3.53. The Morgan fingerprint density at radius 3 is 2.45 bits per heavy atom. The van der Waals surface area contributed by atoms with E-state index in [9.17, 15) is 9.59 Å². The van der Waals surface area contributed by atoms with E-state index in [4.69, 9.17) is 4.74 Å². The van der Waals surface area contributed by atoms with Crippen molar-refractivity contribution in [3.05, 3.63) is 0 Å². The first-order chi connectivity index (χ1) is 9.33. The monoisotopic (exact) mass is 281 g/mol. The van der Waals surface area contributed by atoms with Gasteiger partial charge in [0.25, 0.3) is 0 Å². The van der Waals surface area contributed by atoms with Gasteiger partial charge < -0.3 is 4.74 Å². The van der Waals surface area contributed by atoms with Gasteiger partial charge in [0, 0.05) is 12.5 Å². The molecule has 0 radical (unpaired) electrons. The maximum atomic E-state index is 12.5. The molecule has 4 heteroatoms. The van der Waals surface area contributed by atoms with E-state index in [0.717, 1.165) is 25.7 Å². The highest BCUT2D eigenvalue weighted by Gasteiger charge is 2.48. The zero-order valence-corrected chi connectivity index (χ0v) is 13.1. The number of likely N-dealkylation sites (tertiary alicyclic amines) is 1. The number of carbonyl (C=O) groups is 2. The number of hydrogen-bond acceptors (Lipinski definition) is 3. The Balaban J connectivity index is 2.19. The number of nitrogens with zero attached hydrogens (tertiary/aromatic N) is 1. The molecule has 3 atom stereocenters. The second-order valence-electron chi connectivity index (χ2n) is 7.07. The average Bonchev–Trinajstić information content (AvgIpc) is 2.75. The lowest BCUT2D eigenvalue weighted by Gasteiger charge is -2.34. The molecule has 1 aliphatic heterocycles. The molecule has 1 amide bonds. The first-order valence-electron chi connectivity index (χ1n) is 7.87. The van der Waals surface area contributed by atoms with Crippen molar-refractivity contribution in [1.29, 1.82) is 0 Å². The molecular formula is C16H27NO3. The van der Waals surface area contributed by atoms with Gasteiger partial charge in [-0.25, -0.2) is 4.79 Å². The van der Waals surface area contributed by atoms with Crippen LogP contribution in [0.5, 0.6) is 0 Å². The molecule has 0 bridgehead atoms. The lowest BCUT2D eigenvalue weighted by Crippen LogP contribution is -2.48. The fourth-order valence-corrected chi connectivity index (χ4v) is 3.56. The third-order valence-corrected chi connectivity index (χ3v) is 4.41. The molecule has 2 aliphatic rings. The van der Waals surface area contributed by atoms with Crippen LogP contribution in [-0.4, -0.2) is 34.5 Å². The van der Waals surface area contributed by atoms with Crippen molar-refractivity contribution >= 4 is 11.9 Å². The Labute approximate surface area is 121 Å². The molecule has 0 N–H and O–H groups in total. The molecule has 0 aromatic heterocycles. The molecular weight excluding hydrogens is 254 g/mol. The highest BCUT2D eigenvalue weighted by Crippen LogP contribution is 2.40. The van der Waals surface area contributed by atoms with Gasteiger partial charge in [-0.1, -0.05) is 19.8 Å². The molecule has 2 rings (SSSR count). The topological polar surface area (TPSA) is 46.6 Å². The molecule has 1 saturated carbocycles. The third kappa shape index (κ3) is 3.15. The third-order valence-electron chi connectivity index (χ3n) is 4.41. The van der Waals surface area contributed by atoms with Crippen LogP contribution in [0.15, 0.2) is 0 Å². The molecule has 0 aromatic carbocycles. The van der Waals surface area contributed by atoms with E-state index in [1.54, 1.807) is 4.90 Å². The smallest absolute Gasteiger partial charge is 0.411 e. The number of fused-ring (bicyclic) bond motifs is 1. The summed E-state index contributed by atoms with van der Waals surface area (Å²) in [4.78, 5) is 26.5. The minimum Gasteiger partial charge on any atom is -0.444 e. The zero-order chi connectivity index (χ0) is 14.9. The van der Waals surface area contributed by atoms with Gasteiger partial charge in [0.1, 0.15) is 5.60 Å². The van der Waals surface area contributed by atoms with E-state index in [0.29, 0.717) is 12.3 Å². The Morgan fingerprint density at radius 1 is 1.20 bits per heavy atom. The number of Topliss-reactive ketones (excluding diaryl/α,β-unsaturated/α-hetero) is 1. The lowest BCUT2D eigenvalue weighted by molar-refractivity contribution is -0.123. The first-order valence-corrected chi connectivity index (χ1v) is 7.87. The van der Waals surface area contributed by atoms with Crippen LogP contribution in [0.4, 0.5) is 4.79 Å². The minimum absolute atomic E-state index is 0.172. The number of hydrogen-bond donors (Lipinski definition) is 0. The van der Waals surface area contributed by atoms with Crippen LogP contribution < -0.4 is 0 Å². The molecule has 114 valence electrons. The lowest BCUT2D eigenvalue weighted by atomic mass is 9.84. The van der Waals surface area contributed by atoms with Gasteiger partial charge in [-0.2, -0.15) is 0 Å². The SMILES string of the molecule is CCC(=O)[C@@H]1CC2CCCC[C@@H]2N1C(=O)OC(C)(C)C. The number of carbonyl (C=O) groups excluding carboxylic acids is 2. The summed E-state index contributed by atoms with van der Waals surface area (Å²) in [6, 6.07) is -0.0537. The molecule has 1 saturated heterocycles. The van der Waals surface area contributed by atoms with Gasteiger partial charge in [-0.3, -0.25) is 9.69 Å². The van der Waals surface area contributed by atoms with Crippen molar-refractivity contribution in [3.63, 3.8) is 0 Å². The van der Waals surface area contributed by atoms with E-state index in [-0.39, 0.29) is 24.0 Å². The van der Waals surface area contributed by atoms with Crippen molar-refractivity contribution in [2.75, 3.05) is 0 Å². The van der Waals surface area contributed by atoms with Crippen LogP contribution in [0.25, 0.3) is 0 Å². The van der Waals surface area contributed by atoms with E-state index < -0.39 is 5.60 Å². The highest BCUT2D eigenvalue weighted by molar-refractivity contribution is 5.88. The fourth-order valence-electron chi connectivity index (χ4n) is 3.56. The summed E-state index contributed by atoms with van der Waals surface area (Å²) in [5.74, 6) is 0.655. The standard InChI is InChI=1S/C16H27NO3/c1-5-14(18)13-10-11-8-6-7-9-12(11)17(13)15(19)20-16(2,3)4/h11-13H,5-10H2,1-4H3/t11?,12-,13-/m0/s1. The minimum atomic E-state index is -0.510. The summed E-state index contributed by atoms with van der Waals surface area (Å²) in [6.07, 6.45) is 5.53. The number of ketones is 1. The van der Waals surface area contributed by atoms with Gasteiger partial charge in [0.05, 0.1) is 6.04 Å². The van der Waals surface area contributed by atoms with Gasteiger partial charge in [-0.15, -0.1) is 0 Å². The zero-order valence-electron chi connectivity index (χ0n) is 13.1. The summed E-state index contributed by atoms with van der Waals surface area (Å²) < 4.78 is 5.53. The number of amides is 1. The Kier molecular flexibility index (Phi) is 4.40. The number of ether oxygens (including phenoxy) is 1. The van der Waals surface area contributed by atoms with Crippen molar-refractivity contribution in [2.24, 2.45) is 5.92 Å². The number of rotatable bonds is 2. The summed E-state index contributed by atoms with van der Waals surface area (Å²) in [5, 5.41) is 0. The van der Waals surface area contributed by atoms with Crippen LogP contribution in [-0.2, 0) is 9.53 Å². The molecule has 0 aromatic rings. The van der Waals surface area contributed by atoms with E-state index in [2.05, 4.69) is 0 Å². The van der Waals surface area contributed by atoms with Crippen LogP contribution in [0, 0.1) is 5.92 Å². The summed E-state index contributed by atoms with van der Waals surface area (Å²) in [6.45, 7) is 7.49. The van der Waals surface area contributed by atoms with E-state index in [1.165, 1.54) is 6.42 Å². The second kappa shape index (κ2) is 5.74. The Hall–Kier alpha value is -1.06. The summed E-state index contributed by atoms with van der Waals surface area (Å²) >= 11 is 0. The first kappa shape index (κ1) is 15.3. The fraction of sp³-hybridized carbons (Fsp3) is 0.875. The van der Waals surface area contributed by atoms with Gasteiger partial charge in [0.2, 0.25) is 0 Å². The molecule has 0 spiro atoms. The Bertz CT molecular complexity index is 386. The van der Waals surface area contributed by atoms with Gasteiger partial charge in [0.15, 0.2) is 5.78 Å². The maximum absolute atomic E-state index is 12.5. The normalized spacial score (nSPS) is 30.0. The van der Waals surface area contributed by atoms with Gasteiger partial charge in [-0.05, 0) is 46.0 Å². The Morgan fingerprint density at radius 2 is 1.85 bits per heavy atom. The van der Waals surface area contributed by atoms with Crippen molar-refractivity contribution in [2.45, 2.75) is 83.9 Å². The summed E-state index contributed by atoms with van der Waals surface area (Å²) in [7, 11) is 0. The van der Waals surface area contributed by atoms with Crippen LogP contribution in [0.2, 0.25) is 0 Å². The van der Waals surface area contributed by atoms with E-state index in [1.807, 2.05) is 27.7 Å². The predicted molar refractivity (Wildman–Crippen MR) is 77.5 cm³/mol. The molecule has 1 heterocycles. The molecule has 4 nitrogen and oxygen atoms in total. The van der Waals surface area contributed by atoms with E-state index >= 15 is 0 Å². The quantitative estimate of drug-likeness (QED) is 0.778. The van der Waals surface area contributed by atoms with Gasteiger partial charge >= 0.3 is 6.09 Å². The average molecular weight is 281 g/mol. The summed E-state index contributed by atoms with van der Waals surface area (Å²) in [5.41, 5.74) is -0.510. The largest absolute Gasteiger partial charge is 0.444 e. The molecule has 20 heavy (non-hydrogen) atoms. The van der Waals surface area contributed by atoms with Crippen molar-refractivity contribution in [3.8, 4) is 0 Å². The van der Waals surface area contributed by atoms with Crippen LogP contribution in [0.1, 0.15) is 66.2 Å². The van der Waals surface area contributed by atoms with Crippen molar-refractivity contribution in [1.82, 2.24) is 4.90 Å². The molecule has 1 unspecified atom stereocenters.